The van der Waals surface area contributed by atoms with Crippen molar-refractivity contribution >= 4 is 35.8 Å². The number of ether oxygens (including phenoxy) is 1. The number of hydrogen-bond acceptors (Lipinski definition) is 3. The standard InChI is InChI=1S/C13H24N4O2.HI/c14-13(16-11-4-2-1-3-5-11)15-10-12(18)17-6-8-19-9-7-17;/h11H,1-10H2,(H3,14,15,16);1H. The van der Waals surface area contributed by atoms with Gasteiger partial charge in [-0.3, -0.25) is 4.79 Å². The summed E-state index contributed by atoms with van der Waals surface area (Å²) in [5, 5.41) is 3.21. The van der Waals surface area contributed by atoms with Crippen LogP contribution in [0.25, 0.3) is 0 Å². The number of carbonyl (C=O) groups excluding carboxylic acids is 1. The van der Waals surface area contributed by atoms with Gasteiger partial charge in [-0.05, 0) is 12.8 Å². The van der Waals surface area contributed by atoms with Crippen molar-refractivity contribution in [2.75, 3.05) is 32.8 Å². The molecule has 0 bridgehead atoms. The third-order valence-corrected chi connectivity index (χ3v) is 3.71. The van der Waals surface area contributed by atoms with E-state index >= 15 is 0 Å². The van der Waals surface area contributed by atoms with Crippen molar-refractivity contribution < 1.29 is 9.53 Å². The molecule has 1 saturated carbocycles. The van der Waals surface area contributed by atoms with Crippen LogP contribution < -0.4 is 11.1 Å². The molecule has 2 rings (SSSR count). The van der Waals surface area contributed by atoms with Crippen LogP contribution in [-0.2, 0) is 9.53 Å². The predicted octanol–water partition coefficient (Wildman–Crippen LogP) is 0.700. The van der Waals surface area contributed by atoms with E-state index in [-0.39, 0.29) is 36.4 Å². The van der Waals surface area contributed by atoms with E-state index < -0.39 is 0 Å². The first-order valence-corrected chi connectivity index (χ1v) is 7.17. The molecule has 1 aliphatic heterocycles. The topological polar surface area (TPSA) is 80.0 Å². The number of rotatable bonds is 3. The molecule has 116 valence electrons. The molecule has 0 aromatic rings. The van der Waals surface area contributed by atoms with Crippen LogP contribution in [0.5, 0.6) is 0 Å². The molecular formula is C13H25IN4O2. The lowest BCUT2D eigenvalue weighted by molar-refractivity contribution is -0.133. The molecule has 1 amide bonds. The van der Waals surface area contributed by atoms with Gasteiger partial charge in [-0.1, -0.05) is 19.3 Å². The first kappa shape index (κ1) is 17.5. The molecule has 0 aromatic heterocycles. The number of aliphatic imine (C=N–C) groups is 1. The highest BCUT2D eigenvalue weighted by Crippen LogP contribution is 2.16. The van der Waals surface area contributed by atoms with Crippen LogP contribution in [0, 0.1) is 0 Å². The average Bonchev–Trinajstić information content (AvgIpc) is 2.47. The largest absolute Gasteiger partial charge is 0.378 e. The summed E-state index contributed by atoms with van der Waals surface area (Å²) in [5.74, 6) is 0.421. The highest BCUT2D eigenvalue weighted by Gasteiger charge is 2.17. The van der Waals surface area contributed by atoms with Crippen molar-refractivity contribution in [1.29, 1.82) is 0 Å². The van der Waals surface area contributed by atoms with Gasteiger partial charge in [-0.25, -0.2) is 4.99 Å². The molecule has 1 heterocycles. The summed E-state index contributed by atoms with van der Waals surface area (Å²) in [6.45, 7) is 2.68. The zero-order valence-electron chi connectivity index (χ0n) is 11.8. The number of halogens is 1. The fourth-order valence-electron chi connectivity index (χ4n) is 2.57. The summed E-state index contributed by atoms with van der Waals surface area (Å²) in [4.78, 5) is 17.8. The van der Waals surface area contributed by atoms with Crippen molar-refractivity contribution in [3.63, 3.8) is 0 Å². The molecule has 1 saturated heterocycles. The van der Waals surface area contributed by atoms with Gasteiger partial charge in [0.1, 0.15) is 6.54 Å². The van der Waals surface area contributed by atoms with Crippen molar-refractivity contribution in [2.24, 2.45) is 10.7 Å². The number of nitrogens with two attached hydrogens (primary N) is 1. The molecule has 6 nitrogen and oxygen atoms in total. The molecule has 1 aliphatic carbocycles. The molecule has 0 spiro atoms. The second kappa shape index (κ2) is 9.38. The maximum atomic E-state index is 11.9. The highest BCUT2D eigenvalue weighted by atomic mass is 127. The van der Waals surface area contributed by atoms with E-state index in [2.05, 4.69) is 10.3 Å². The second-order valence-corrected chi connectivity index (χ2v) is 5.17. The molecule has 0 radical (unpaired) electrons. The minimum atomic E-state index is 0. The first-order chi connectivity index (χ1) is 9.25. The Morgan fingerprint density at radius 2 is 1.90 bits per heavy atom. The van der Waals surface area contributed by atoms with Crippen LogP contribution in [0.2, 0.25) is 0 Å². The lowest BCUT2D eigenvalue weighted by atomic mass is 9.96. The quantitative estimate of drug-likeness (QED) is 0.418. The van der Waals surface area contributed by atoms with E-state index in [0.717, 1.165) is 12.8 Å². The zero-order chi connectivity index (χ0) is 13.5. The number of amides is 1. The van der Waals surface area contributed by atoms with Crippen LogP contribution in [0.4, 0.5) is 0 Å². The molecule has 3 N–H and O–H groups in total. The number of guanidine groups is 1. The van der Waals surface area contributed by atoms with Gasteiger partial charge in [-0.2, -0.15) is 0 Å². The summed E-state index contributed by atoms with van der Waals surface area (Å²) >= 11 is 0. The smallest absolute Gasteiger partial charge is 0.244 e. The van der Waals surface area contributed by atoms with E-state index in [4.69, 9.17) is 10.5 Å². The van der Waals surface area contributed by atoms with Gasteiger partial charge < -0.3 is 20.7 Å². The molecule has 0 unspecified atom stereocenters. The highest BCUT2D eigenvalue weighted by molar-refractivity contribution is 14.0. The monoisotopic (exact) mass is 396 g/mol. The van der Waals surface area contributed by atoms with E-state index in [1.165, 1.54) is 19.3 Å². The second-order valence-electron chi connectivity index (χ2n) is 5.17. The van der Waals surface area contributed by atoms with Gasteiger partial charge in [0.25, 0.3) is 0 Å². The van der Waals surface area contributed by atoms with E-state index in [1.54, 1.807) is 4.90 Å². The maximum absolute atomic E-state index is 11.9. The Hall–Kier alpha value is -0.570. The van der Waals surface area contributed by atoms with Crippen LogP contribution in [0.3, 0.4) is 0 Å². The summed E-state index contributed by atoms with van der Waals surface area (Å²) < 4.78 is 5.21. The minimum absolute atomic E-state index is 0. The number of carbonyl (C=O) groups is 1. The molecule has 0 atom stereocenters. The molecule has 2 fully saturated rings. The molecule has 2 aliphatic rings. The minimum Gasteiger partial charge on any atom is -0.378 e. The normalized spacial score (nSPS) is 21.2. The summed E-state index contributed by atoms with van der Waals surface area (Å²) in [7, 11) is 0. The first-order valence-electron chi connectivity index (χ1n) is 7.17. The molecule has 0 aromatic carbocycles. The lowest BCUT2D eigenvalue weighted by Gasteiger charge is -2.26. The number of nitrogens with zero attached hydrogens (tertiary/aromatic N) is 2. The van der Waals surface area contributed by atoms with E-state index in [0.29, 0.717) is 38.3 Å². The fraction of sp³-hybridized carbons (Fsp3) is 0.846. The Bertz CT molecular complexity index is 326. The van der Waals surface area contributed by atoms with Crippen LogP contribution >= 0.6 is 24.0 Å². The Kier molecular flexibility index (Phi) is 8.20. The summed E-state index contributed by atoms with van der Waals surface area (Å²) in [5.41, 5.74) is 5.83. The van der Waals surface area contributed by atoms with Crippen LogP contribution in [0.1, 0.15) is 32.1 Å². The Morgan fingerprint density at radius 3 is 2.55 bits per heavy atom. The van der Waals surface area contributed by atoms with Crippen LogP contribution in [-0.4, -0.2) is 55.7 Å². The van der Waals surface area contributed by atoms with Gasteiger partial charge in [-0.15, -0.1) is 24.0 Å². The SMILES string of the molecule is I.NC(=NCC(=O)N1CCOCC1)NC1CCCCC1. The van der Waals surface area contributed by atoms with Crippen molar-refractivity contribution in [2.45, 2.75) is 38.1 Å². The fourth-order valence-corrected chi connectivity index (χ4v) is 2.57. The Morgan fingerprint density at radius 1 is 1.25 bits per heavy atom. The number of hydrogen-bond donors (Lipinski definition) is 2. The molecule has 20 heavy (non-hydrogen) atoms. The Labute approximate surface area is 137 Å². The maximum Gasteiger partial charge on any atom is 0.244 e. The average molecular weight is 396 g/mol. The van der Waals surface area contributed by atoms with Gasteiger partial charge >= 0.3 is 0 Å². The summed E-state index contributed by atoms with van der Waals surface area (Å²) in [6.07, 6.45) is 6.10. The van der Waals surface area contributed by atoms with Gasteiger partial charge in [0.2, 0.25) is 5.91 Å². The predicted molar refractivity (Wildman–Crippen MR) is 89.3 cm³/mol. The Balaban J connectivity index is 0.00000200. The molecule has 7 heteroatoms. The van der Waals surface area contributed by atoms with Gasteiger partial charge in [0, 0.05) is 19.1 Å². The van der Waals surface area contributed by atoms with Gasteiger partial charge in [0.15, 0.2) is 5.96 Å². The molecular weight excluding hydrogens is 371 g/mol. The summed E-state index contributed by atoms with van der Waals surface area (Å²) in [6, 6.07) is 0.427. The van der Waals surface area contributed by atoms with Crippen LogP contribution in [0.15, 0.2) is 4.99 Å². The lowest BCUT2D eigenvalue weighted by Crippen LogP contribution is -2.44. The third kappa shape index (κ3) is 5.82. The van der Waals surface area contributed by atoms with E-state index in [1.807, 2.05) is 0 Å². The zero-order valence-corrected chi connectivity index (χ0v) is 14.2. The van der Waals surface area contributed by atoms with Crippen molar-refractivity contribution in [1.82, 2.24) is 10.2 Å². The number of nitrogens with one attached hydrogen (secondary N) is 1. The third-order valence-electron chi connectivity index (χ3n) is 3.71. The van der Waals surface area contributed by atoms with Gasteiger partial charge in [0.05, 0.1) is 13.2 Å². The number of morpholine rings is 1. The van der Waals surface area contributed by atoms with E-state index in [9.17, 15) is 4.79 Å². The van der Waals surface area contributed by atoms with Crippen molar-refractivity contribution in [3.8, 4) is 0 Å². The van der Waals surface area contributed by atoms with Crippen molar-refractivity contribution in [3.05, 3.63) is 0 Å².